The Labute approximate surface area is 122 Å². The van der Waals surface area contributed by atoms with Crippen LogP contribution in [0.2, 0.25) is 0 Å². The Morgan fingerprint density at radius 1 is 1.05 bits per heavy atom. The molecule has 1 atom stereocenters. The normalized spacial score (nSPS) is 20.7. The highest BCUT2D eigenvalue weighted by Gasteiger charge is 2.32. The second-order valence-corrected chi connectivity index (χ2v) is 5.51. The first-order valence-corrected chi connectivity index (χ1v) is 7.28. The number of rotatable bonds is 3. The molecule has 2 aliphatic rings. The van der Waals surface area contributed by atoms with Crippen LogP contribution in [0, 0.1) is 5.92 Å². The van der Waals surface area contributed by atoms with Crippen LogP contribution in [-0.2, 0) is 0 Å². The minimum atomic E-state index is 0. The van der Waals surface area contributed by atoms with Crippen molar-refractivity contribution in [3.63, 3.8) is 0 Å². The van der Waals surface area contributed by atoms with E-state index in [1.165, 1.54) is 43.5 Å². The van der Waals surface area contributed by atoms with E-state index in [1.54, 1.807) is 0 Å². The first-order valence-electron chi connectivity index (χ1n) is 7.28. The van der Waals surface area contributed by atoms with Crippen LogP contribution in [0.5, 0.6) is 0 Å². The van der Waals surface area contributed by atoms with Crippen LogP contribution in [0.3, 0.4) is 0 Å². The van der Waals surface area contributed by atoms with Crippen LogP contribution in [0.1, 0.15) is 50.1 Å². The molecule has 0 saturated heterocycles. The van der Waals surface area contributed by atoms with Gasteiger partial charge in [-0.25, -0.2) is 0 Å². The highest BCUT2D eigenvalue weighted by Crippen LogP contribution is 2.41. The smallest absolute Gasteiger partial charge is 0.0967 e. The van der Waals surface area contributed by atoms with Gasteiger partial charge in [0.15, 0.2) is 0 Å². The number of hydrogen-bond acceptors (Lipinski definition) is 2. The summed E-state index contributed by atoms with van der Waals surface area (Å²) < 4.78 is 0. The van der Waals surface area contributed by atoms with Crippen molar-refractivity contribution in [3.05, 3.63) is 35.9 Å². The zero-order valence-electron chi connectivity index (χ0n) is 11.3. The van der Waals surface area contributed by atoms with E-state index in [0.29, 0.717) is 6.04 Å². The molecule has 0 spiro atoms. The Morgan fingerprint density at radius 2 is 1.84 bits per heavy atom. The minimum Gasteiger partial charge on any atom is -0.367 e. The molecule has 1 aliphatic carbocycles. The van der Waals surface area contributed by atoms with E-state index in [0.717, 1.165) is 18.9 Å². The van der Waals surface area contributed by atoms with Gasteiger partial charge in [-0.05, 0) is 37.2 Å². The monoisotopic (exact) mass is 278 g/mol. The molecule has 1 fully saturated rings. The van der Waals surface area contributed by atoms with Gasteiger partial charge in [-0.2, -0.15) is 0 Å². The molecule has 1 heterocycles. The number of benzene rings is 1. The van der Waals surface area contributed by atoms with Gasteiger partial charge >= 0.3 is 0 Å². The SMILES string of the molecule is Cl.c1ccc(C(NC2=NCCCCC2)C2CC2)cc1. The zero-order chi connectivity index (χ0) is 12.2. The average Bonchev–Trinajstić information content (AvgIpc) is 3.24. The van der Waals surface area contributed by atoms with Gasteiger partial charge in [0.25, 0.3) is 0 Å². The molecule has 0 amide bonds. The highest BCUT2D eigenvalue weighted by molar-refractivity contribution is 5.85. The Hall–Kier alpha value is -1.02. The molecule has 1 aromatic rings. The van der Waals surface area contributed by atoms with Crippen molar-refractivity contribution in [2.75, 3.05) is 6.54 Å². The van der Waals surface area contributed by atoms with Crippen LogP contribution in [-0.4, -0.2) is 12.4 Å². The molecule has 1 N–H and O–H groups in total. The van der Waals surface area contributed by atoms with E-state index in [4.69, 9.17) is 4.99 Å². The number of amidine groups is 1. The predicted molar refractivity (Wildman–Crippen MR) is 83.1 cm³/mol. The third-order valence-electron chi connectivity index (χ3n) is 3.95. The van der Waals surface area contributed by atoms with Crippen molar-refractivity contribution >= 4 is 18.2 Å². The Kier molecular flexibility index (Phi) is 5.26. The van der Waals surface area contributed by atoms with Gasteiger partial charge in [0.2, 0.25) is 0 Å². The van der Waals surface area contributed by atoms with E-state index in [-0.39, 0.29) is 12.4 Å². The minimum absolute atomic E-state index is 0. The van der Waals surface area contributed by atoms with Crippen LogP contribution >= 0.6 is 12.4 Å². The van der Waals surface area contributed by atoms with E-state index in [2.05, 4.69) is 35.6 Å². The third kappa shape index (κ3) is 3.97. The summed E-state index contributed by atoms with van der Waals surface area (Å²) in [5.41, 5.74) is 1.42. The molecule has 19 heavy (non-hydrogen) atoms. The maximum absolute atomic E-state index is 4.70. The molecule has 1 saturated carbocycles. The van der Waals surface area contributed by atoms with Gasteiger partial charge in [0.1, 0.15) is 0 Å². The van der Waals surface area contributed by atoms with E-state index >= 15 is 0 Å². The molecule has 104 valence electrons. The Morgan fingerprint density at radius 3 is 2.58 bits per heavy atom. The first-order chi connectivity index (χ1) is 8.93. The molecular formula is C16H23ClN2. The highest BCUT2D eigenvalue weighted by atomic mass is 35.5. The molecule has 1 unspecified atom stereocenters. The summed E-state index contributed by atoms with van der Waals surface area (Å²) in [6.07, 6.45) is 7.73. The topological polar surface area (TPSA) is 24.4 Å². The molecule has 0 radical (unpaired) electrons. The summed E-state index contributed by atoms with van der Waals surface area (Å²) in [6.45, 7) is 1.01. The largest absolute Gasteiger partial charge is 0.367 e. The van der Waals surface area contributed by atoms with Crippen molar-refractivity contribution in [3.8, 4) is 0 Å². The summed E-state index contributed by atoms with van der Waals surface area (Å²) >= 11 is 0. The molecule has 2 nitrogen and oxygen atoms in total. The second kappa shape index (κ2) is 6.95. The Balaban J connectivity index is 0.00000133. The lowest BCUT2D eigenvalue weighted by Crippen LogP contribution is -2.29. The van der Waals surface area contributed by atoms with Crippen LogP contribution in [0.25, 0.3) is 0 Å². The lowest BCUT2D eigenvalue weighted by Gasteiger charge is -2.21. The number of hydrogen-bond donors (Lipinski definition) is 1. The molecule has 0 aromatic heterocycles. The van der Waals surface area contributed by atoms with Crippen LogP contribution in [0.4, 0.5) is 0 Å². The molecule has 3 rings (SSSR count). The summed E-state index contributed by atoms with van der Waals surface area (Å²) in [6, 6.07) is 11.3. The summed E-state index contributed by atoms with van der Waals surface area (Å²) in [7, 11) is 0. The molecular weight excluding hydrogens is 256 g/mol. The van der Waals surface area contributed by atoms with Gasteiger partial charge in [-0.15, -0.1) is 12.4 Å². The van der Waals surface area contributed by atoms with Crippen LogP contribution in [0.15, 0.2) is 35.3 Å². The van der Waals surface area contributed by atoms with E-state index in [9.17, 15) is 0 Å². The maximum atomic E-state index is 4.70. The quantitative estimate of drug-likeness (QED) is 0.884. The molecule has 1 aliphatic heterocycles. The van der Waals surface area contributed by atoms with Crippen molar-refractivity contribution in [2.45, 2.75) is 44.6 Å². The number of nitrogens with one attached hydrogen (secondary N) is 1. The van der Waals surface area contributed by atoms with Crippen molar-refractivity contribution in [1.82, 2.24) is 5.32 Å². The van der Waals surface area contributed by atoms with Gasteiger partial charge in [0, 0.05) is 13.0 Å². The average molecular weight is 279 g/mol. The fraction of sp³-hybridized carbons (Fsp3) is 0.562. The third-order valence-corrected chi connectivity index (χ3v) is 3.95. The molecule has 3 heteroatoms. The summed E-state index contributed by atoms with van der Waals surface area (Å²) in [5.74, 6) is 2.06. The fourth-order valence-corrected chi connectivity index (χ4v) is 2.73. The number of nitrogens with zero attached hydrogens (tertiary/aromatic N) is 1. The molecule has 0 bridgehead atoms. The van der Waals surface area contributed by atoms with Crippen LogP contribution < -0.4 is 5.32 Å². The maximum Gasteiger partial charge on any atom is 0.0967 e. The number of aliphatic imine (C=N–C) groups is 1. The summed E-state index contributed by atoms with van der Waals surface area (Å²) in [4.78, 5) is 4.70. The molecule has 1 aromatic carbocycles. The van der Waals surface area contributed by atoms with Gasteiger partial charge < -0.3 is 5.32 Å². The standard InChI is InChI=1S/C16H22N2.ClH/c1-3-7-13(8-4-1)16(14-10-11-14)18-15-9-5-2-6-12-17-15;/h1,3-4,7-8,14,16H,2,5-6,9-12H2,(H,17,18);1H. The second-order valence-electron chi connectivity index (χ2n) is 5.51. The Bertz CT molecular complexity index is 412. The van der Waals surface area contributed by atoms with Gasteiger partial charge in [0.05, 0.1) is 11.9 Å². The van der Waals surface area contributed by atoms with Gasteiger partial charge in [-0.1, -0.05) is 36.8 Å². The lowest BCUT2D eigenvalue weighted by atomic mass is 10.0. The van der Waals surface area contributed by atoms with Gasteiger partial charge in [-0.3, -0.25) is 4.99 Å². The first kappa shape index (κ1) is 14.4. The fourth-order valence-electron chi connectivity index (χ4n) is 2.73. The van der Waals surface area contributed by atoms with E-state index in [1.807, 2.05) is 0 Å². The van der Waals surface area contributed by atoms with E-state index < -0.39 is 0 Å². The predicted octanol–water partition coefficient (Wildman–Crippen LogP) is 4.12. The number of halogens is 1. The van der Waals surface area contributed by atoms with Crippen molar-refractivity contribution in [2.24, 2.45) is 10.9 Å². The van der Waals surface area contributed by atoms with Crippen molar-refractivity contribution in [1.29, 1.82) is 0 Å². The lowest BCUT2D eigenvalue weighted by molar-refractivity contribution is 0.563. The zero-order valence-corrected chi connectivity index (χ0v) is 12.2. The summed E-state index contributed by atoms with van der Waals surface area (Å²) in [5, 5.41) is 3.72. The van der Waals surface area contributed by atoms with Crippen molar-refractivity contribution < 1.29 is 0 Å².